The second kappa shape index (κ2) is 10.1. The van der Waals surface area contributed by atoms with Crippen molar-refractivity contribution >= 4 is 50.5 Å². The van der Waals surface area contributed by atoms with E-state index in [1.54, 1.807) is 18.2 Å². The molecule has 1 fully saturated rings. The van der Waals surface area contributed by atoms with Crippen LogP contribution in [0.4, 0.5) is 9.18 Å². The number of nitrogens with zero attached hydrogens (tertiary/aromatic N) is 1. The molecule has 0 spiro atoms. The van der Waals surface area contributed by atoms with E-state index in [4.69, 9.17) is 4.74 Å². The maximum atomic E-state index is 13.3. The molecule has 6 heteroatoms. The summed E-state index contributed by atoms with van der Waals surface area (Å²) in [5.74, 6) is -0.117. The van der Waals surface area contributed by atoms with Crippen molar-refractivity contribution in [2.75, 3.05) is 0 Å². The first-order chi connectivity index (χ1) is 18.6. The summed E-state index contributed by atoms with van der Waals surface area (Å²) in [5, 5.41) is 3.83. The molecular weight excluding hydrogens is 497 g/mol. The Morgan fingerprint density at radius 1 is 0.763 bits per heavy atom. The molecule has 0 atom stereocenters. The third-order valence-electron chi connectivity index (χ3n) is 6.60. The summed E-state index contributed by atoms with van der Waals surface area (Å²) in [5.41, 5.74) is 2.48. The van der Waals surface area contributed by atoms with Crippen molar-refractivity contribution < 1.29 is 18.7 Å². The molecule has 1 aliphatic rings. The molecule has 0 unspecified atom stereocenters. The smallest absolute Gasteiger partial charge is 0.293 e. The molecule has 38 heavy (non-hydrogen) atoms. The van der Waals surface area contributed by atoms with Gasteiger partial charge in [-0.2, -0.15) is 0 Å². The van der Waals surface area contributed by atoms with Gasteiger partial charge in [0.2, 0.25) is 0 Å². The Bertz CT molecular complexity index is 1720. The van der Waals surface area contributed by atoms with Crippen LogP contribution in [0, 0.1) is 5.82 Å². The molecule has 1 aliphatic heterocycles. The van der Waals surface area contributed by atoms with E-state index in [1.807, 2.05) is 60.7 Å². The van der Waals surface area contributed by atoms with Gasteiger partial charge in [-0.3, -0.25) is 14.5 Å². The molecule has 186 valence electrons. The predicted octanol–water partition coefficient (Wildman–Crippen LogP) is 7.95. The van der Waals surface area contributed by atoms with Crippen molar-refractivity contribution in [1.82, 2.24) is 4.90 Å². The summed E-state index contributed by atoms with van der Waals surface area (Å²) in [6, 6.07) is 31.9. The van der Waals surface area contributed by atoms with E-state index in [2.05, 4.69) is 18.2 Å². The first-order valence-electron chi connectivity index (χ1n) is 12.2. The van der Waals surface area contributed by atoms with E-state index < -0.39 is 0 Å². The third-order valence-corrected chi connectivity index (χ3v) is 7.50. The van der Waals surface area contributed by atoms with Crippen molar-refractivity contribution in [2.45, 2.75) is 13.2 Å². The van der Waals surface area contributed by atoms with Crippen LogP contribution in [0.5, 0.6) is 5.75 Å². The number of amides is 2. The Hall–Kier alpha value is -4.42. The Morgan fingerprint density at radius 3 is 2.24 bits per heavy atom. The second-order valence-electron chi connectivity index (χ2n) is 9.02. The fourth-order valence-corrected chi connectivity index (χ4v) is 5.48. The van der Waals surface area contributed by atoms with Crippen LogP contribution in [-0.2, 0) is 17.9 Å². The molecule has 0 N–H and O–H groups in total. The number of imide groups is 1. The Morgan fingerprint density at radius 2 is 1.45 bits per heavy atom. The molecule has 5 aromatic carbocycles. The molecule has 0 bridgehead atoms. The fourth-order valence-electron chi connectivity index (χ4n) is 4.66. The van der Waals surface area contributed by atoms with Crippen molar-refractivity contribution in [3.63, 3.8) is 0 Å². The van der Waals surface area contributed by atoms with Crippen LogP contribution in [0.1, 0.15) is 16.7 Å². The lowest BCUT2D eigenvalue weighted by molar-refractivity contribution is -0.123. The van der Waals surface area contributed by atoms with E-state index in [0.717, 1.165) is 44.4 Å². The number of fused-ring (bicyclic) bond motifs is 2. The van der Waals surface area contributed by atoms with Gasteiger partial charge in [-0.1, -0.05) is 84.9 Å². The molecule has 1 saturated heterocycles. The Kier molecular flexibility index (Phi) is 6.40. The molecule has 0 saturated carbocycles. The van der Waals surface area contributed by atoms with Crippen LogP contribution < -0.4 is 4.74 Å². The largest absolute Gasteiger partial charge is 0.488 e. The number of benzene rings is 5. The summed E-state index contributed by atoms with van der Waals surface area (Å²) in [7, 11) is 0. The average Bonchev–Trinajstić information content (AvgIpc) is 3.21. The van der Waals surface area contributed by atoms with Crippen LogP contribution in [0.3, 0.4) is 0 Å². The van der Waals surface area contributed by atoms with E-state index in [1.165, 1.54) is 17.0 Å². The van der Waals surface area contributed by atoms with Crippen molar-refractivity contribution in [3.8, 4) is 5.75 Å². The maximum Gasteiger partial charge on any atom is 0.293 e. The number of carbonyl (C=O) groups excluding carboxylic acids is 2. The summed E-state index contributed by atoms with van der Waals surface area (Å²) < 4.78 is 19.6. The molecular formula is C32H22FNO3S. The molecule has 0 aromatic heterocycles. The molecule has 0 aliphatic carbocycles. The highest BCUT2D eigenvalue weighted by molar-refractivity contribution is 8.18. The Balaban J connectivity index is 1.34. The van der Waals surface area contributed by atoms with Crippen LogP contribution >= 0.6 is 11.8 Å². The lowest BCUT2D eigenvalue weighted by Gasteiger charge is -2.14. The average molecular weight is 520 g/mol. The minimum atomic E-state index is -0.378. The molecule has 6 rings (SSSR count). The fraction of sp³-hybridized carbons (Fsp3) is 0.0625. The van der Waals surface area contributed by atoms with E-state index >= 15 is 0 Å². The highest BCUT2D eigenvalue weighted by Gasteiger charge is 2.35. The standard InChI is InChI=1S/C32H22FNO3S/c33-25-15-12-21(13-16-25)19-34-31(35)30(38-32(34)36)18-28-27-11-4-2-7-23(27)14-17-29(28)37-20-24-9-5-8-22-6-1-3-10-26(22)24/h1-18H,19-20H2/b30-18-. The lowest BCUT2D eigenvalue weighted by atomic mass is 10.0. The number of hydrogen-bond donors (Lipinski definition) is 0. The normalized spacial score (nSPS) is 14.7. The van der Waals surface area contributed by atoms with Crippen molar-refractivity contribution in [3.05, 3.63) is 131 Å². The zero-order chi connectivity index (χ0) is 26.1. The van der Waals surface area contributed by atoms with Crippen molar-refractivity contribution in [2.24, 2.45) is 0 Å². The quantitative estimate of drug-likeness (QED) is 0.214. The molecule has 4 nitrogen and oxygen atoms in total. The highest BCUT2D eigenvalue weighted by Crippen LogP contribution is 2.38. The minimum Gasteiger partial charge on any atom is -0.488 e. The first kappa shape index (κ1) is 23.9. The summed E-state index contributed by atoms with van der Waals surface area (Å²) in [4.78, 5) is 27.5. The molecule has 5 aromatic rings. The minimum absolute atomic E-state index is 0.0856. The van der Waals surface area contributed by atoms with Gasteiger partial charge in [0.15, 0.2) is 0 Å². The lowest BCUT2D eigenvalue weighted by Crippen LogP contribution is -2.27. The van der Waals surface area contributed by atoms with E-state index in [0.29, 0.717) is 22.8 Å². The summed E-state index contributed by atoms with van der Waals surface area (Å²) in [6.45, 7) is 0.439. The van der Waals surface area contributed by atoms with Gasteiger partial charge in [0.1, 0.15) is 18.2 Å². The number of ether oxygens (including phenoxy) is 1. The summed E-state index contributed by atoms with van der Waals surface area (Å²) in [6.07, 6.45) is 1.75. The number of thioether (sulfide) groups is 1. The van der Waals surface area contributed by atoms with Crippen LogP contribution in [0.15, 0.2) is 108 Å². The zero-order valence-corrected chi connectivity index (χ0v) is 21.1. The first-order valence-corrected chi connectivity index (χ1v) is 13.0. The van der Waals surface area contributed by atoms with Crippen LogP contribution in [-0.4, -0.2) is 16.0 Å². The van der Waals surface area contributed by atoms with Gasteiger partial charge in [0.25, 0.3) is 11.1 Å². The number of hydrogen-bond acceptors (Lipinski definition) is 4. The van der Waals surface area contributed by atoms with Crippen molar-refractivity contribution in [1.29, 1.82) is 0 Å². The van der Waals surface area contributed by atoms with E-state index in [9.17, 15) is 14.0 Å². The predicted molar refractivity (Wildman–Crippen MR) is 150 cm³/mol. The highest BCUT2D eigenvalue weighted by atomic mass is 32.2. The Labute approximate surface area is 223 Å². The van der Waals surface area contributed by atoms with Gasteiger partial charge in [0, 0.05) is 5.56 Å². The van der Waals surface area contributed by atoms with Gasteiger partial charge in [-0.15, -0.1) is 0 Å². The van der Waals surface area contributed by atoms with Gasteiger partial charge < -0.3 is 4.74 Å². The number of rotatable bonds is 6. The number of halogens is 1. The zero-order valence-electron chi connectivity index (χ0n) is 20.3. The van der Waals surface area contributed by atoms with Gasteiger partial charge in [-0.05, 0) is 68.7 Å². The second-order valence-corrected chi connectivity index (χ2v) is 10.0. The third kappa shape index (κ3) is 4.66. The van der Waals surface area contributed by atoms with E-state index in [-0.39, 0.29) is 23.5 Å². The monoisotopic (exact) mass is 519 g/mol. The molecule has 2 amide bonds. The van der Waals surface area contributed by atoms with Gasteiger partial charge in [-0.25, -0.2) is 4.39 Å². The topological polar surface area (TPSA) is 46.6 Å². The van der Waals surface area contributed by atoms with Gasteiger partial charge in [0.05, 0.1) is 11.4 Å². The van der Waals surface area contributed by atoms with Crippen LogP contribution in [0.2, 0.25) is 0 Å². The molecule has 1 heterocycles. The van der Waals surface area contributed by atoms with Crippen LogP contribution in [0.25, 0.3) is 27.6 Å². The van der Waals surface area contributed by atoms with Gasteiger partial charge >= 0.3 is 0 Å². The SMILES string of the molecule is O=C1S/C(=C\c2c(OCc3cccc4ccccc34)ccc3ccccc23)C(=O)N1Cc1ccc(F)cc1. The summed E-state index contributed by atoms with van der Waals surface area (Å²) >= 11 is 0.902. The molecule has 0 radical (unpaired) electrons. The number of carbonyl (C=O) groups is 2. The maximum absolute atomic E-state index is 13.3.